The van der Waals surface area contributed by atoms with Crippen LogP contribution in [0.3, 0.4) is 0 Å². The fraction of sp³-hybridized carbons (Fsp3) is 0.643. The number of aromatic nitrogens is 1. The summed E-state index contributed by atoms with van der Waals surface area (Å²) in [5, 5.41) is 3.16. The Balaban J connectivity index is 1.99. The van der Waals surface area contributed by atoms with Crippen LogP contribution in [0.2, 0.25) is 0 Å². The van der Waals surface area contributed by atoms with Gasteiger partial charge in [-0.1, -0.05) is 0 Å². The molecule has 0 spiro atoms. The van der Waals surface area contributed by atoms with Crippen molar-refractivity contribution in [2.45, 2.75) is 39.3 Å². The second-order valence-electron chi connectivity index (χ2n) is 5.25. The lowest BCUT2D eigenvalue weighted by Crippen LogP contribution is -2.32. The summed E-state index contributed by atoms with van der Waals surface area (Å²) < 4.78 is 0. The van der Waals surface area contributed by atoms with Crippen molar-refractivity contribution in [2.75, 3.05) is 18.9 Å². The minimum atomic E-state index is 0.593. The molecule has 0 unspecified atom stereocenters. The van der Waals surface area contributed by atoms with Gasteiger partial charge in [0.15, 0.2) is 0 Å². The van der Waals surface area contributed by atoms with E-state index in [0.717, 1.165) is 23.8 Å². The van der Waals surface area contributed by atoms with Gasteiger partial charge in [-0.05, 0) is 44.7 Å². The first kappa shape index (κ1) is 12.4. The molecule has 1 saturated carbocycles. The number of anilines is 1. The molecule has 1 aliphatic rings. The molecule has 3 heteroatoms. The third kappa shape index (κ3) is 3.70. The molecule has 0 saturated heterocycles. The third-order valence-corrected chi connectivity index (χ3v) is 3.39. The number of hydrogen-bond acceptors (Lipinski definition) is 3. The number of pyridine rings is 1. The molecule has 0 amide bonds. The van der Waals surface area contributed by atoms with Crippen molar-refractivity contribution in [2.24, 2.45) is 5.92 Å². The summed E-state index contributed by atoms with van der Waals surface area (Å²) >= 11 is 0. The second-order valence-corrected chi connectivity index (χ2v) is 5.25. The lowest BCUT2D eigenvalue weighted by molar-refractivity contribution is 0.201. The highest BCUT2D eigenvalue weighted by Gasteiger charge is 2.25. The van der Waals surface area contributed by atoms with Gasteiger partial charge in [0.05, 0.1) is 5.69 Å². The van der Waals surface area contributed by atoms with E-state index >= 15 is 0 Å². The molecule has 1 N–H and O–H groups in total. The van der Waals surface area contributed by atoms with Gasteiger partial charge in [-0.3, -0.25) is 9.88 Å². The summed E-state index contributed by atoms with van der Waals surface area (Å²) in [6.07, 6.45) is 4.71. The topological polar surface area (TPSA) is 28.2 Å². The molecule has 1 aliphatic carbocycles. The Kier molecular flexibility index (Phi) is 4.00. The second kappa shape index (κ2) is 5.50. The summed E-state index contributed by atoms with van der Waals surface area (Å²) in [4.78, 5) is 6.98. The predicted octanol–water partition coefficient (Wildman–Crippen LogP) is 2.74. The van der Waals surface area contributed by atoms with E-state index in [1.165, 1.54) is 19.4 Å². The van der Waals surface area contributed by atoms with E-state index < -0.39 is 0 Å². The van der Waals surface area contributed by atoms with E-state index in [-0.39, 0.29) is 0 Å². The lowest BCUT2D eigenvalue weighted by Gasteiger charge is -2.26. The van der Waals surface area contributed by atoms with E-state index in [4.69, 9.17) is 0 Å². The van der Waals surface area contributed by atoms with Gasteiger partial charge >= 0.3 is 0 Å². The zero-order chi connectivity index (χ0) is 12.3. The van der Waals surface area contributed by atoms with Gasteiger partial charge in [0, 0.05) is 38.1 Å². The van der Waals surface area contributed by atoms with Crippen molar-refractivity contribution >= 4 is 5.69 Å². The standard InChI is InChI=1S/C14H23N3/c1-11(2)17(9-12-4-5-12)10-14-8-13(15-3)6-7-16-14/h6-8,11-12H,4-5,9-10H2,1-3H3,(H,15,16). The van der Waals surface area contributed by atoms with Gasteiger partial charge in [0.2, 0.25) is 0 Å². The Morgan fingerprint density at radius 3 is 2.82 bits per heavy atom. The van der Waals surface area contributed by atoms with Crippen molar-refractivity contribution in [3.63, 3.8) is 0 Å². The van der Waals surface area contributed by atoms with E-state index in [0.29, 0.717) is 6.04 Å². The number of hydrogen-bond donors (Lipinski definition) is 1. The molecule has 94 valence electrons. The van der Waals surface area contributed by atoms with E-state index in [1.54, 1.807) is 0 Å². The Bertz CT molecular complexity index is 358. The maximum atomic E-state index is 4.46. The van der Waals surface area contributed by atoms with Crippen LogP contribution in [0, 0.1) is 5.92 Å². The lowest BCUT2D eigenvalue weighted by atomic mass is 10.2. The highest BCUT2D eigenvalue weighted by Crippen LogP contribution is 2.30. The monoisotopic (exact) mass is 233 g/mol. The van der Waals surface area contributed by atoms with Crippen molar-refractivity contribution < 1.29 is 0 Å². The maximum absolute atomic E-state index is 4.46. The molecule has 1 aromatic heterocycles. The van der Waals surface area contributed by atoms with E-state index in [2.05, 4.69) is 35.1 Å². The predicted molar refractivity (Wildman–Crippen MR) is 72.1 cm³/mol. The molecule has 0 aromatic carbocycles. The van der Waals surface area contributed by atoms with Crippen LogP contribution in [0.15, 0.2) is 18.3 Å². The van der Waals surface area contributed by atoms with Crippen LogP contribution < -0.4 is 5.32 Å². The summed E-state index contributed by atoms with van der Waals surface area (Å²) in [6, 6.07) is 4.74. The van der Waals surface area contributed by atoms with Crippen molar-refractivity contribution in [1.82, 2.24) is 9.88 Å². The molecule has 0 atom stereocenters. The third-order valence-electron chi connectivity index (χ3n) is 3.39. The average Bonchev–Trinajstić information content (AvgIpc) is 3.12. The molecule has 0 radical (unpaired) electrons. The molecule has 0 bridgehead atoms. The highest BCUT2D eigenvalue weighted by atomic mass is 15.2. The quantitative estimate of drug-likeness (QED) is 0.819. The van der Waals surface area contributed by atoms with Gasteiger partial charge in [0.25, 0.3) is 0 Å². The minimum absolute atomic E-state index is 0.593. The molecule has 2 rings (SSSR count). The molecule has 1 aromatic rings. The van der Waals surface area contributed by atoms with Gasteiger partial charge in [-0.2, -0.15) is 0 Å². The summed E-state index contributed by atoms with van der Waals surface area (Å²) in [6.45, 7) is 6.72. The Morgan fingerprint density at radius 1 is 1.47 bits per heavy atom. The van der Waals surface area contributed by atoms with Crippen LogP contribution in [0.1, 0.15) is 32.4 Å². The maximum Gasteiger partial charge on any atom is 0.0564 e. The van der Waals surface area contributed by atoms with Crippen LogP contribution in [0.4, 0.5) is 5.69 Å². The van der Waals surface area contributed by atoms with Gasteiger partial charge in [-0.15, -0.1) is 0 Å². The number of nitrogens with zero attached hydrogens (tertiary/aromatic N) is 2. The average molecular weight is 233 g/mol. The van der Waals surface area contributed by atoms with Gasteiger partial charge in [0.1, 0.15) is 0 Å². The molecule has 0 aliphatic heterocycles. The molecule has 1 fully saturated rings. The number of rotatable bonds is 6. The molecule has 3 nitrogen and oxygen atoms in total. The summed E-state index contributed by atoms with van der Waals surface area (Å²) in [5.41, 5.74) is 2.30. The Labute approximate surface area is 104 Å². The van der Waals surface area contributed by atoms with Crippen LogP contribution in [-0.2, 0) is 6.54 Å². The molecular weight excluding hydrogens is 210 g/mol. The van der Waals surface area contributed by atoms with Crippen LogP contribution in [0.5, 0.6) is 0 Å². The van der Waals surface area contributed by atoms with Crippen LogP contribution >= 0.6 is 0 Å². The van der Waals surface area contributed by atoms with E-state index in [9.17, 15) is 0 Å². The van der Waals surface area contributed by atoms with E-state index in [1.807, 2.05) is 19.3 Å². The van der Waals surface area contributed by atoms with Crippen molar-refractivity contribution in [3.05, 3.63) is 24.0 Å². The fourth-order valence-corrected chi connectivity index (χ4v) is 2.02. The van der Waals surface area contributed by atoms with Gasteiger partial charge in [-0.25, -0.2) is 0 Å². The zero-order valence-electron chi connectivity index (χ0n) is 11.1. The zero-order valence-corrected chi connectivity index (χ0v) is 11.1. The normalized spacial score (nSPS) is 15.6. The minimum Gasteiger partial charge on any atom is -0.388 e. The first-order valence-electron chi connectivity index (χ1n) is 6.55. The first-order valence-corrected chi connectivity index (χ1v) is 6.55. The first-order chi connectivity index (χ1) is 8.19. The highest BCUT2D eigenvalue weighted by molar-refractivity contribution is 5.42. The Hall–Kier alpha value is -1.09. The van der Waals surface area contributed by atoms with Crippen LogP contribution in [0.25, 0.3) is 0 Å². The Morgan fingerprint density at radius 2 is 2.24 bits per heavy atom. The summed E-state index contributed by atoms with van der Waals surface area (Å²) in [5.74, 6) is 0.935. The number of nitrogens with one attached hydrogen (secondary N) is 1. The van der Waals surface area contributed by atoms with Crippen molar-refractivity contribution in [3.8, 4) is 0 Å². The molecular formula is C14H23N3. The van der Waals surface area contributed by atoms with Crippen molar-refractivity contribution in [1.29, 1.82) is 0 Å². The largest absolute Gasteiger partial charge is 0.388 e. The van der Waals surface area contributed by atoms with Crippen LogP contribution in [-0.4, -0.2) is 29.5 Å². The molecule has 1 heterocycles. The van der Waals surface area contributed by atoms with Gasteiger partial charge < -0.3 is 5.32 Å². The summed E-state index contributed by atoms with van der Waals surface area (Å²) in [7, 11) is 1.95. The SMILES string of the molecule is CNc1ccnc(CN(CC2CC2)C(C)C)c1. The fourth-order valence-electron chi connectivity index (χ4n) is 2.02. The molecule has 17 heavy (non-hydrogen) atoms. The smallest absolute Gasteiger partial charge is 0.0564 e.